The lowest BCUT2D eigenvalue weighted by Crippen LogP contribution is -2.45. The largest absolute Gasteiger partial charge is 0.394 e. The minimum atomic E-state index is -0.859. The minimum Gasteiger partial charge on any atom is -0.394 e. The molecule has 2 atom stereocenters. The van der Waals surface area contributed by atoms with Gasteiger partial charge >= 0.3 is 0 Å². The maximum absolute atomic E-state index is 12.5. The lowest BCUT2D eigenvalue weighted by atomic mass is 10.0. The number of rotatable bonds is 60. The molecule has 0 aromatic heterocycles. The van der Waals surface area contributed by atoms with E-state index in [-0.39, 0.29) is 12.5 Å². The maximum atomic E-state index is 12.5. The molecule has 0 rings (SSSR count). The molecule has 3 N–H and O–H groups in total. The van der Waals surface area contributed by atoms with E-state index in [1.54, 1.807) is 6.08 Å². The van der Waals surface area contributed by atoms with Gasteiger partial charge in [0.1, 0.15) is 0 Å². The Morgan fingerprint density at radius 3 is 0.841 bits per heavy atom. The summed E-state index contributed by atoms with van der Waals surface area (Å²) >= 11 is 0. The van der Waals surface area contributed by atoms with Gasteiger partial charge in [-0.1, -0.05) is 353 Å². The molecule has 1 amide bonds. The molecule has 0 spiro atoms. The Kier molecular flexibility index (Phi) is 60.2. The zero-order valence-corrected chi connectivity index (χ0v) is 47.4. The van der Waals surface area contributed by atoms with E-state index in [9.17, 15) is 15.0 Å². The van der Waals surface area contributed by atoms with E-state index < -0.39 is 12.1 Å². The van der Waals surface area contributed by atoms with Crippen LogP contribution in [0, 0.1) is 0 Å². The molecule has 2 unspecified atom stereocenters. The van der Waals surface area contributed by atoms with Crippen LogP contribution in [0.2, 0.25) is 0 Å². The number of hydrogen-bond acceptors (Lipinski definition) is 3. The topological polar surface area (TPSA) is 69.6 Å². The van der Waals surface area contributed by atoms with E-state index in [4.69, 9.17) is 0 Å². The van der Waals surface area contributed by atoms with Crippen LogP contribution in [0.1, 0.15) is 367 Å². The molecule has 0 aromatic rings. The number of unbranched alkanes of at least 4 members (excludes halogenated alkanes) is 51. The van der Waals surface area contributed by atoms with E-state index in [2.05, 4.69) is 31.3 Å². The van der Waals surface area contributed by atoms with Crippen LogP contribution in [-0.4, -0.2) is 34.9 Å². The quantitative estimate of drug-likeness (QED) is 0.0420. The Morgan fingerprint density at radius 2 is 0.565 bits per heavy atom. The van der Waals surface area contributed by atoms with E-state index in [0.717, 1.165) is 32.1 Å². The molecule has 0 aliphatic carbocycles. The first kappa shape index (κ1) is 67.9. The lowest BCUT2D eigenvalue weighted by molar-refractivity contribution is -0.123. The number of nitrogens with one attached hydrogen (secondary N) is 1. The molecule has 0 saturated heterocycles. The summed E-state index contributed by atoms with van der Waals surface area (Å²) in [6.07, 6.45) is 82.6. The number of aliphatic hydroxyl groups is 2. The molecule has 0 aromatic carbocycles. The normalized spacial score (nSPS) is 12.8. The van der Waals surface area contributed by atoms with Gasteiger partial charge in [0.15, 0.2) is 0 Å². The first-order valence-electron chi connectivity index (χ1n) is 32.1. The summed E-state index contributed by atoms with van der Waals surface area (Å²) in [5.74, 6) is -0.0665. The van der Waals surface area contributed by atoms with Gasteiger partial charge in [0, 0.05) is 6.42 Å². The minimum absolute atomic E-state index is 0.0665. The second-order valence-electron chi connectivity index (χ2n) is 22.2. The van der Waals surface area contributed by atoms with Crippen LogP contribution in [0.4, 0.5) is 0 Å². The first-order chi connectivity index (χ1) is 34.2. The molecule has 69 heavy (non-hydrogen) atoms. The van der Waals surface area contributed by atoms with Crippen LogP contribution in [-0.2, 0) is 4.79 Å². The second-order valence-corrected chi connectivity index (χ2v) is 22.2. The van der Waals surface area contributed by atoms with Crippen LogP contribution >= 0.6 is 0 Å². The Labute approximate surface area is 434 Å². The average molecular weight is 971 g/mol. The van der Waals surface area contributed by atoms with E-state index in [0.29, 0.717) is 6.42 Å². The van der Waals surface area contributed by atoms with E-state index >= 15 is 0 Å². The van der Waals surface area contributed by atoms with Crippen molar-refractivity contribution in [2.75, 3.05) is 6.61 Å². The van der Waals surface area contributed by atoms with Gasteiger partial charge in [-0.3, -0.25) is 4.79 Å². The molecule has 0 bridgehead atoms. The second kappa shape index (κ2) is 61.2. The van der Waals surface area contributed by atoms with Crippen molar-refractivity contribution in [2.45, 2.75) is 379 Å². The van der Waals surface area contributed by atoms with Crippen LogP contribution in [0.15, 0.2) is 24.3 Å². The Balaban J connectivity index is 3.35. The predicted molar refractivity (Wildman–Crippen MR) is 309 cm³/mol. The third kappa shape index (κ3) is 57.6. The molecule has 4 heteroatoms. The highest BCUT2D eigenvalue weighted by molar-refractivity contribution is 5.76. The third-order valence-electron chi connectivity index (χ3n) is 15.2. The SMILES string of the molecule is CCCCCCCCCCCC/C=C/CC/C=C/C(O)C(CO)NC(=O)CCCCCCCCCCCCCCCCCCCCCCCCCCCCCCCCCCCCCCCCCCC. The van der Waals surface area contributed by atoms with Crippen LogP contribution in [0.25, 0.3) is 0 Å². The Bertz CT molecular complexity index is 1010. The Morgan fingerprint density at radius 1 is 0.333 bits per heavy atom. The highest BCUT2D eigenvalue weighted by atomic mass is 16.3. The maximum Gasteiger partial charge on any atom is 0.220 e. The summed E-state index contributed by atoms with van der Waals surface area (Å²) in [6.45, 7) is 4.33. The standard InChI is InChI=1S/C65H127NO3/c1-3-5-7-9-11-13-15-17-19-21-22-23-24-25-26-27-28-29-30-31-32-33-34-35-36-37-38-39-40-41-42-43-44-45-47-49-51-53-55-57-59-61-65(69)66-63(62-67)64(68)60-58-56-54-52-50-48-46-20-18-16-14-12-10-8-6-4-2/h50,52,58,60,63-64,67-68H,3-49,51,53-57,59,61-62H2,1-2H3,(H,66,69)/b52-50+,60-58+. The molecule has 0 aliphatic rings. The fraction of sp³-hybridized carbons (Fsp3) is 0.923. The smallest absolute Gasteiger partial charge is 0.220 e. The molecular weight excluding hydrogens is 843 g/mol. The van der Waals surface area contributed by atoms with Crippen molar-refractivity contribution < 1.29 is 15.0 Å². The molecule has 4 nitrogen and oxygen atoms in total. The number of allylic oxidation sites excluding steroid dienone is 3. The number of aliphatic hydroxyl groups excluding tert-OH is 2. The molecule has 0 radical (unpaired) electrons. The van der Waals surface area contributed by atoms with Crippen molar-refractivity contribution >= 4 is 5.91 Å². The summed E-state index contributed by atoms with van der Waals surface area (Å²) in [5.41, 5.74) is 0. The Hall–Kier alpha value is -1.13. The molecule has 0 fully saturated rings. The van der Waals surface area contributed by atoms with Crippen molar-refractivity contribution in [1.29, 1.82) is 0 Å². The summed E-state index contributed by atoms with van der Waals surface area (Å²) in [4.78, 5) is 12.5. The molecule has 0 heterocycles. The van der Waals surface area contributed by atoms with Crippen LogP contribution < -0.4 is 5.32 Å². The van der Waals surface area contributed by atoms with Crippen LogP contribution in [0.3, 0.4) is 0 Å². The van der Waals surface area contributed by atoms with Crippen LogP contribution in [0.5, 0.6) is 0 Å². The number of carbonyl (C=O) groups is 1. The van der Waals surface area contributed by atoms with Gasteiger partial charge in [-0.2, -0.15) is 0 Å². The summed E-state index contributed by atoms with van der Waals surface area (Å²) in [7, 11) is 0. The molecular formula is C65H127NO3. The van der Waals surface area contributed by atoms with Gasteiger partial charge in [-0.15, -0.1) is 0 Å². The number of hydrogen-bond donors (Lipinski definition) is 3. The number of carbonyl (C=O) groups excluding carboxylic acids is 1. The highest BCUT2D eigenvalue weighted by Gasteiger charge is 2.18. The monoisotopic (exact) mass is 970 g/mol. The van der Waals surface area contributed by atoms with Gasteiger partial charge in [-0.25, -0.2) is 0 Å². The number of amides is 1. The van der Waals surface area contributed by atoms with Gasteiger partial charge in [-0.05, 0) is 32.1 Å². The van der Waals surface area contributed by atoms with Gasteiger partial charge in [0.2, 0.25) is 5.91 Å². The predicted octanol–water partition coefficient (Wildman–Crippen LogP) is 21.4. The third-order valence-corrected chi connectivity index (χ3v) is 15.2. The summed E-state index contributed by atoms with van der Waals surface area (Å²) in [6, 6.07) is -0.636. The summed E-state index contributed by atoms with van der Waals surface area (Å²) < 4.78 is 0. The fourth-order valence-corrected chi connectivity index (χ4v) is 10.3. The summed E-state index contributed by atoms with van der Waals surface area (Å²) in [5, 5.41) is 23.1. The zero-order valence-electron chi connectivity index (χ0n) is 47.4. The van der Waals surface area contributed by atoms with Crippen molar-refractivity contribution in [1.82, 2.24) is 5.32 Å². The zero-order chi connectivity index (χ0) is 49.9. The average Bonchev–Trinajstić information content (AvgIpc) is 3.35. The van der Waals surface area contributed by atoms with Gasteiger partial charge in [0.05, 0.1) is 18.8 Å². The van der Waals surface area contributed by atoms with Gasteiger partial charge in [0.25, 0.3) is 0 Å². The lowest BCUT2D eigenvalue weighted by Gasteiger charge is -2.19. The fourth-order valence-electron chi connectivity index (χ4n) is 10.3. The van der Waals surface area contributed by atoms with Crippen molar-refractivity contribution in [3.8, 4) is 0 Å². The van der Waals surface area contributed by atoms with Crippen molar-refractivity contribution in [3.63, 3.8) is 0 Å². The van der Waals surface area contributed by atoms with Gasteiger partial charge < -0.3 is 15.5 Å². The molecule has 0 aliphatic heterocycles. The van der Waals surface area contributed by atoms with E-state index in [1.807, 2.05) is 6.08 Å². The van der Waals surface area contributed by atoms with E-state index in [1.165, 1.54) is 315 Å². The highest BCUT2D eigenvalue weighted by Crippen LogP contribution is 2.19. The van der Waals surface area contributed by atoms with Crippen molar-refractivity contribution in [2.24, 2.45) is 0 Å². The molecule has 0 saturated carbocycles. The molecule has 410 valence electrons. The first-order valence-corrected chi connectivity index (χ1v) is 32.1. The van der Waals surface area contributed by atoms with Crippen molar-refractivity contribution in [3.05, 3.63) is 24.3 Å².